The third-order valence-electron chi connectivity index (χ3n) is 4.77. The van der Waals surface area contributed by atoms with Crippen molar-refractivity contribution in [3.8, 4) is 5.75 Å². The molecular weight excluding hydrogens is 306 g/mol. The predicted molar refractivity (Wildman–Crippen MR) is 93.7 cm³/mol. The molecule has 2 aliphatic heterocycles. The van der Waals surface area contributed by atoms with Crippen LogP contribution in [0.1, 0.15) is 13.3 Å². The Labute approximate surface area is 143 Å². The Morgan fingerprint density at radius 2 is 2.25 bits per heavy atom. The Morgan fingerprint density at radius 1 is 1.38 bits per heavy atom. The fourth-order valence-electron chi connectivity index (χ4n) is 3.39. The third-order valence-corrected chi connectivity index (χ3v) is 4.77. The molecule has 2 heterocycles. The van der Waals surface area contributed by atoms with Crippen molar-refractivity contribution in [2.24, 2.45) is 5.92 Å². The van der Waals surface area contributed by atoms with Gasteiger partial charge < -0.3 is 24.6 Å². The van der Waals surface area contributed by atoms with Crippen LogP contribution in [0.25, 0.3) is 0 Å². The minimum absolute atomic E-state index is 0.0324. The van der Waals surface area contributed by atoms with E-state index in [9.17, 15) is 4.79 Å². The number of hydrogen-bond donors (Lipinski definition) is 1. The van der Waals surface area contributed by atoms with Gasteiger partial charge in [-0.25, -0.2) is 4.79 Å². The number of anilines is 1. The molecule has 24 heavy (non-hydrogen) atoms. The van der Waals surface area contributed by atoms with E-state index in [0.29, 0.717) is 25.6 Å². The van der Waals surface area contributed by atoms with Gasteiger partial charge in [0.05, 0.1) is 19.8 Å². The Bertz CT molecular complexity index is 566. The molecule has 0 radical (unpaired) electrons. The standard InChI is InChI=1S/C18H27N3O3/c1-14-12-21(8-9-24-14)18(22)19-11-15-6-7-20(13-15)16-4-3-5-17(10-16)23-2/h3-5,10,14-15H,6-9,11-13H2,1-2H3,(H,19,22)/t14-,15-/m1/s1. The summed E-state index contributed by atoms with van der Waals surface area (Å²) in [4.78, 5) is 16.5. The summed E-state index contributed by atoms with van der Waals surface area (Å²) in [6.07, 6.45) is 1.22. The molecular formula is C18H27N3O3. The van der Waals surface area contributed by atoms with E-state index in [0.717, 1.165) is 31.8 Å². The maximum absolute atomic E-state index is 12.3. The Kier molecular flexibility index (Phi) is 5.45. The van der Waals surface area contributed by atoms with Crippen molar-refractivity contribution in [2.45, 2.75) is 19.4 Å². The number of carbonyl (C=O) groups is 1. The minimum atomic E-state index is 0.0324. The van der Waals surface area contributed by atoms with Crippen LogP contribution in [0.2, 0.25) is 0 Å². The van der Waals surface area contributed by atoms with Crippen LogP contribution in [-0.2, 0) is 4.74 Å². The number of nitrogens with one attached hydrogen (secondary N) is 1. The zero-order valence-electron chi connectivity index (χ0n) is 14.5. The van der Waals surface area contributed by atoms with Crippen molar-refractivity contribution >= 4 is 11.7 Å². The molecule has 3 rings (SSSR count). The molecule has 0 bridgehead atoms. The second-order valence-corrected chi connectivity index (χ2v) is 6.62. The highest BCUT2D eigenvalue weighted by atomic mass is 16.5. The minimum Gasteiger partial charge on any atom is -0.497 e. The molecule has 2 saturated heterocycles. The Morgan fingerprint density at radius 3 is 3.04 bits per heavy atom. The highest BCUT2D eigenvalue weighted by molar-refractivity contribution is 5.74. The van der Waals surface area contributed by atoms with Gasteiger partial charge in [-0.1, -0.05) is 6.07 Å². The molecule has 6 heteroatoms. The number of urea groups is 1. The first-order chi connectivity index (χ1) is 11.7. The molecule has 2 aliphatic rings. The first kappa shape index (κ1) is 16.9. The summed E-state index contributed by atoms with van der Waals surface area (Å²) in [7, 11) is 1.69. The van der Waals surface area contributed by atoms with Crippen LogP contribution >= 0.6 is 0 Å². The van der Waals surface area contributed by atoms with Crippen LogP contribution < -0.4 is 15.0 Å². The van der Waals surface area contributed by atoms with Gasteiger partial charge in [0.1, 0.15) is 5.75 Å². The Hall–Kier alpha value is -1.95. The van der Waals surface area contributed by atoms with Crippen LogP contribution in [0, 0.1) is 5.92 Å². The van der Waals surface area contributed by atoms with E-state index in [1.165, 1.54) is 5.69 Å². The summed E-state index contributed by atoms with van der Waals surface area (Å²) in [5.41, 5.74) is 1.19. The van der Waals surface area contributed by atoms with Crippen molar-refractivity contribution < 1.29 is 14.3 Å². The number of benzene rings is 1. The lowest BCUT2D eigenvalue weighted by molar-refractivity contribution is -0.00355. The summed E-state index contributed by atoms with van der Waals surface area (Å²) in [6.45, 7) is 6.69. The molecule has 0 aromatic heterocycles. The van der Waals surface area contributed by atoms with Crippen molar-refractivity contribution in [3.05, 3.63) is 24.3 Å². The van der Waals surface area contributed by atoms with Crippen molar-refractivity contribution in [1.82, 2.24) is 10.2 Å². The van der Waals surface area contributed by atoms with E-state index in [4.69, 9.17) is 9.47 Å². The van der Waals surface area contributed by atoms with E-state index in [1.807, 2.05) is 24.0 Å². The molecule has 0 spiro atoms. The number of ether oxygens (including phenoxy) is 2. The van der Waals surface area contributed by atoms with Crippen LogP contribution in [0.3, 0.4) is 0 Å². The molecule has 0 unspecified atom stereocenters. The van der Waals surface area contributed by atoms with Gasteiger partial charge in [-0.05, 0) is 31.4 Å². The highest BCUT2D eigenvalue weighted by Crippen LogP contribution is 2.26. The lowest BCUT2D eigenvalue weighted by Gasteiger charge is -2.31. The lowest BCUT2D eigenvalue weighted by atomic mass is 10.1. The third kappa shape index (κ3) is 4.12. The molecule has 2 amide bonds. The molecule has 2 atom stereocenters. The van der Waals surface area contributed by atoms with Crippen molar-refractivity contribution in [3.63, 3.8) is 0 Å². The van der Waals surface area contributed by atoms with E-state index in [1.54, 1.807) is 7.11 Å². The molecule has 1 N–H and O–H groups in total. The second kappa shape index (κ2) is 7.75. The number of hydrogen-bond acceptors (Lipinski definition) is 4. The van der Waals surface area contributed by atoms with Crippen molar-refractivity contribution in [2.75, 3.05) is 51.3 Å². The molecule has 6 nitrogen and oxygen atoms in total. The van der Waals surface area contributed by atoms with Gasteiger partial charge in [0.2, 0.25) is 0 Å². The SMILES string of the molecule is COc1cccc(N2CC[C@H](CNC(=O)N3CCO[C@H](C)C3)C2)c1. The van der Waals surface area contributed by atoms with E-state index in [-0.39, 0.29) is 12.1 Å². The van der Waals surface area contributed by atoms with Gasteiger partial charge in [0.25, 0.3) is 0 Å². The zero-order valence-corrected chi connectivity index (χ0v) is 14.5. The quantitative estimate of drug-likeness (QED) is 0.915. The maximum atomic E-state index is 12.3. The summed E-state index contributed by atoms with van der Waals surface area (Å²) in [6, 6.07) is 8.18. The monoisotopic (exact) mass is 333 g/mol. The number of methoxy groups -OCH3 is 1. The van der Waals surface area contributed by atoms with Gasteiger partial charge in [0, 0.05) is 44.5 Å². The average molecular weight is 333 g/mol. The molecule has 1 aromatic carbocycles. The van der Waals surface area contributed by atoms with Crippen LogP contribution in [0.4, 0.5) is 10.5 Å². The molecule has 0 saturated carbocycles. The Balaban J connectivity index is 1.46. The number of amides is 2. The van der Waals surface area contributed by atoms with Gasteiger partial charge in [-0.2, -0.15) is 0 Å². The van der Waals surface area contributed by atoms with Gasteiger partial charge in [0.15, 0.2) is 0 Å². The van der Waals surface area contributed by atoms with Crippen molar-refractivity contribution in [1.29, 1.82) is 0 Å². The largest absolute Gasteiger partial charge is 0.497 e. The van der Waals surface area contributed by atoms with Gasteiger partial charge in [-0.3, -0.25) is 0 Å². The fourth-order valence-corrected chi connectivity index (χ4v) is 3.39. The van der Waals surface area contributed by atoms with E-state index in [2.05, 4.69) is 22.3 Å². The molecule has 2 fully saturated rings. The first-order valence-electron chi connectivity index (χ1n) is 8.69. The molecule has 0 aliphatic carbocycles. The normalized spacial score (nSPS) is 24.1. The second-order valence-electron chi connectivity index (χ2n) is 6.62. The average Bonchev–Trinajstić information content (AvgIpc) is 3.09. The lowest BCUT2D eigenvalue weighted by Crippen LogP contribution is -2.49. The van der Waals surface area contributed by atoms with Crippen LogP contribution in [0.5, 0.6) is 5.75 Å². The van der Waals surface area contributed by atoms with Gasteiger partial charge in [-0.15, -0.1) is 0 Å². The summed E-state index contributed by atoms with van der Waals surface area (Å²) in [5, 5.41) is 3.09. The highest BCUT2D eigenvalue weighted by Gasteiger charge is 2.25. The predicted octanol–water partition coefficient (Wildman–Crippen LogP) is 1.95. The first-order valence-corrected chi connectivity index (χ1v) is 8.69. The molecule has 1 aromatic rings. The maximum Gasteiger partial charge on any atom is 0.317 e. The van der Waals surface area contributed by atoms with Gasteiger partial charge >= 0.3 is 6.03 Å². The number of rotatable bonds is 4. The fraction of sp³-hybridized carbons (Fsp3) is 0.611. The smallest absolute Gasteiger partial charge is 0.317 e. The summed E-state index contributed by atoms with van der Waals surface area (Å²) < 4.78 is 10.8. The number of morpholine rings is 1. The summed E-state index contributed by atoms with van der Waals surface area (Å²) in [5.74, 6) is 1.37. The molecule has 132 valence electrons. The summed E-state index contributed by atoms with van der Waals surface area (Å²) >= 11 is 0. The number of carbonyl (C=O) groups excluding carboxylic acids is 1. The zero-order chi connectivity index (χ0) is 16.9. The van der Waals surface area contributed by atoms with Crippen LogP contribution in [-0.4, -0.2) is 63.5 Å². The van der Waals surface area contributed by atoms with E-state index < -0.39 is 0 Å². The number of nitrogens with zero attached hydrogens (tertiary/aromatic N) is 2. The van der Waals surface area contributed by atoms with Crippen LogP contribution in [0.15, 0.2) is 24.3 Å². The topological polar surface area (TPSA) is 54.0 Å². The van der Waals surface area contributed by atoms with E-state index >= 15 is 0 Å².